The molecule has 13 heavy (non-hydrogen) atoms. The number of ether oxygens (including phenoxy) is 2. The van der Waals surface area contributed by atoms with Gasteiger partial charge in [0.05, 0.1) is 19.1 Å². The van der Waals surface area contributed by atoms with E-state index in [1.165, 1.54) is 0 Å². The molecule has 0 aromatic heterocycles. The lowest BCUT2D eigenvalue weighted by molar-refractivity contribution is -0.354. The van der Waals surface area contributed by atoms with Crippen molar-refractivity contribution < 1.29 is 24.2 Å². The molecule has 0 atom stereocenters. The van der Waals surface area contributed by atoms with Crippen LogP contribution in [0.15, 0.2) is 12.7 Å². The van der Waals surface area contributed by atoms with Crippen molar-refractivity contribution in [3.8, 4) is 0 Å². The van der Waals surface area contributed by atoms with Gasteiger partial charge in [-0.25, -0.2) is 0 Å². The summed E-state index contributed by atoms with van der Waals surface area (Å²) in [7, 11) is 0. The van der Waals surface area contributed by atoms with Crippen molar-refractivity contribution in [2.24, 2.45) is 5.92 Å². The first-order valence-electron chi connectivity index (χ1n) is 3.74. The fourth-order valence-electron chi connectivity index (χ4n) is 0.929. The van der Waals surface area contributed by atoms with E-state index >= 15 is 0 Å². The first-order chi connectivity index (χ1) is 6.11. The Kier molecular flexibility index (Phi) is 2.92. The molecule has 5 heteroatoms. The van der Waals surface area contributed by atoms with Gasteiger partial charge in [0.2, 0.25) is 6.29 Å². The number of ketones is 1. The fraction of sp³-hybridized carbons (Fsp3) is 0.500. The van der Waals surface area contributed by atoms with Crippen molar-refractivity contribution in [3.05, 3.63) is 12.7 Å². The molecular formula is C8H10O5. The number of carbonyl (C=O) groups excluding carboxylic acids is 2. The third-order valence-electron chi connectivity index (χ3n) is 1.74. The van der Waals surface area contributed by atoms with Crippen LogP contribution < -0.4 is 0 Å². The molecule has 1 fully saturated rings. The Bertz CT molecular complexity index is 227. The highest BCUT2D eigenvalue weighted by atomic mass is 16.8. The fourth-order valence-corrected chi connectivity index (χ4v) is 0.929. The molecule has 5 nitrogen and oxygen atoms in total. The third kappa shape index (κ3) is 2.21. The summed E-state index contributed by atoms with van der Waals surface area (Å²) in [4.78, 5) is 21.2. The molecule has 1 N–H and O–H groups in total. The van der Waals surface area contributed by atoms with Gasteiger partial charge in [-0.15, -0.1) is 0 Å². The minimum Gasteiger partial charge on any atom is -0.337 e. The van der Waals surface area contributed by atoms with Gasteiger partial charge in [0, 0.05) is 0 Å². The maximum Gasteiger partial charge on any atom is 0.341 e. The Morgan fingerprint density at radius 2 is 2.08 bits per heavy atom. The molecule has 0 radical (unpaired) electrons. The van der Waals surface area contributed by atoms with E-state index in [2.05, 4.69) is 16.1 Å². The summed E-state index contributed by atoms with van der Waals surface area (Å²) >= 11 is 0. The molecule has 1 saturated heterocycles. The van der Waals surface area contributed by atoms with E-state index in [1.54, 1.807) is 0 Å². The van der Waals surface area contributed by atoms with E-state index in [0.29, 0.717) is 0 Å². The van der Waals surface area contributed by atoms with Gasteiger partial charge >= 0.3 is 5.97 Å². The standard InChI is InChI=1S/C8H10O5/c1-2-7(10)6-3-12-8(11,5-9)13-4-6/h2,5-6,11H,1,3-4H2. The average molecular weight is 186 g/mol. The first kappa shape index (κ1) is 10.0. The molecule has 0 amide bonds. The van der Waals surface area contributed by atoms with E-state index in [4.69, 9.17) is 5.11 Å². The van der Waals surface area contributed by atoms with Crippen LogP contribution in [0, 0.1) is 5.92 Å². The summed E-state index contributed by atoms with van der Waals surface area (Å²) in [6.07, 6.45) is 1.30. The SMILES string of the molecule is C=CC(=O)C1COC(O)(C=O)OC1. The third-order valence-corrected chi connectivity index (χ3v) is 1.74. The Labute approximate surface area is 74.9 Å². The second kappa shape index (κ2) is 3.78. The van der Waals surface area contributed by atoms with Crippen LogP contribution in [0.4, 0.5) is 0 Å². The van der Waals surface area contributed by atoms with Gasteiger partial charge in [-0.1, -0.05) is 6.58 Å². The molecule has 0 aromatic rings. The van der Waals surface area contributed by atoms with Gasteiger partial charge in [0.1, 0.15) is 0 Å². The van der Waals surface area contributed by atoms with Crippen LogP contribution in [0.25, 0.3) is 0 Å². The van der Waals surface area contributed by atoms with E-state index in [1.807, 2.05) is 0 Å². The molecule has 1 rings (SSSR count). The van der Waals surface area contributed by atoms with Crippen LogP contribution >= 0.6 is 0 Å². The zero-order valence-corrected chi connectivity index (χ0v) is 6.93. The van der Waals surface area contributed by atoms with Crippen molar-refractivity contribution in [1.82, 2.24) is 0 Å². The number of allylic oxidation sites excluding steroid dienone is 1. The Morgan fingerprint density at radius 1 is 1.54 bits per heavy atom. The van der Waals surface area contributed by atoms with E-state index in [-0.39, 0.29) is 25.3 Å². The number of rotatable bonds is 3. The molecular weight excluding hydrogens is 176 g/mol. The number of carbonyl (C=O) groups is 2. The number of hydrogen-bond donors (Lipinski definition) is 1. The largest absolute Gasteiger partial charge is 0.341 e. The van der Waals surface area contributed by atoms with Crippen LogP contribution in [0.5, 0.6) is 0 Å². The van der Waals surface area contributed by atoms with Gasteiger partial charge in [-0.3, -0.25) is 9.59 Å². The summed E-state index contributed by atoms with van der Waals surface area (Å²) in [5.41, 5.74) is 0. The maximum absolute atomic E-state index is 11.0. The van der Waals surface area contributed by atoms with Crippen molar-refractivity contribution in [2.45, 2.75) is 5.97 Å². The number of aldehydes is 1. The summed E-state index contributed by atoms with van der Waals surface area (Å²) in [6, 6.07) is 0. The molecule has 72 valence electrons. The lowest BCUT2D eigenvalue weighted by Gasteiger charge is -2.30. The van der Waals surface area contributed by atoms with E-state index in [0.717, 1.165) is 6.08 Å². The van der Waals surface area contributed by atoms with Gasteiger partial charge in [0.25, 0.3) is 0 Å². The highest BCUT2D eigenvalue weighted by Gasteiger charge is 2.37. The molecule has 0 aromatic carbocycles. The van der Waals surface area contributed by atoms with Crippen LogP contribution in [0.3, 0.4) is 0 Å². The summed E-state index contributed by atoms with van der Waals surface area (Å²) in [6.45, 7) is 3.22. The molecule has 0 aliphatic carbocycles. The molecule has 0 saturated carbocycles. The van der Waals surface area contributed by atoms with Crippen LogP contribution in [0.1, 0.15) is 0 Å². The average Bonchev–Trinajstić information content (AvgIpc) is 2.18. The Hall–Kier alpha value is -1.04. The van der Waals surface area contributed by atoms with Gasteiger partial charge in [-0.2, -0.15) is 0 Å². The monoisotopic (exact) mass is 186 g/mol. The summed E-state index contributed by atoms with van der Waals surface area (Å²) < 4.78 is 9.29. The predicted octanol–water partition coefficient (Wildman–Crippen LogP) is -0.751. The Balaban J connectivity index is 2.52. The van der Waals surface area contributed by atoms with E-state index < -0.39 is 11.9 Å². The minimum atomic E-state index is -2.18. The lowest BCUT2D eigenvalue weighted by atomic mass is 10.1. The van der Waals surface area contributed by atoms with Crippen molar-refractivity contribution in [3.63, 3.8) is 0 Å². The van der Waals surface area contributed by atoms with Crippen molar-refractivity contribution in [1.29, 1.82) is 0 Å². The first-order valence-corrected chi connectivity index (χ1v) is 3.74. The highest BCUT2D eigenvalue weighted by Crippen LogP contribution is 2.17. The van der Waals surface area contributed by atoms with Gasteiger partial charge in [-0.05, 0) is 6.08 Å². The lowest BCUT2D eigenvalue weighted by Crippen LogP contribution is -2.47. The molecule has 1 aliphatic heterocycles. The molecule has 1 heterocycles. The zero-order chi connectivity index (χ0) is 9.90. The predicted molar refractivity (Wildman–Crippen MR) is 41.6 cm³/mol. The quantitative estimate of drug-likeness (QED) is 0.463. The van der Waals surface area contributed by atoms with E-state index in [9.17, 15) is 9.59 Å². The van der Waals surface area contributed by atoms with Crippen LogP contribution in [0.2, 0.25) is 0 Å². The van der Waals surface area contributed by atoms with Gasteiger partial charge in [0.15, 0.2) is 5.78 Å². The minimum absolute atomic E-state index is 0.0416. The smallest absolute Gasteiger partial charge is 0.337 e. The highest BCUT2D eigenvalue weighted by molar-refractivity contribution is 5.91. The number of hydrogen-bond acceptors (Lipinski definition) is 5. The maximum atomic E-state index is 11.0. The summed E-state index contributed by atoms with van der Waals surface area (Å²) in [5, 5.41) is 9.10. The second-order valence-corrected chi connectivity index (χ2v) is 2.67. The summed E-state index contributed by atoms with van der Waals surface area (Å²) in [5.74, 6) is -2.90. The molecule has 0 spiro atoms. The molecule has 1 aliphatic rings. The van der Waals surface area contributed by atoms with Crippen LogP contribution in [-0.4, -0.2) is 36.4 Å². The van der Waals surface area contributed by atoms with Crippen molar-refractivity contribution >= 4 is 12.1 Å². The molecule has 0 bridgehead atoms. The number of aliphatic hydroxyl groups is 1. The topological polar surface area (TPSA) is 72.8 Å². The zero-order valence-electron chi connectivity index (χ0n) is 6.93. The Morgan fingerprint density at radius 3 is 2.46 bits per heavy atom. The normalized spacial score (nSPS) is 33.8. The van der Waals surface area contributed by atoms with Gasteiger partial charge < -0.3 is 14.6 Å². The second-order valence-electron chi connectivity index (χ2n) is 2.67. The van der Waals surface area contributed by atoms with Crippen molar-refractivity contribution in [2.75, 3.05) is 13.2 Å². The molecule has 0 unspecified atom stereocenters. The van der Waals surface area contributed by atoms with Crippen LogP contribution in [-0.2, 0) is 19.1 Å².